The quantitative estimate of drug-likeness (QED) is 0.765. The zero-order chi connectivity index (χ0) is 12.9. The normalized spacial score (nSPS) is 23.7. The highest BCUT2D eigenvalue weighted by Crippen LogP contribution is 2.37. The van der Waals surface area contributed by atoms with Gasteiger partial charge in [0, 0.05) is 5.56 Å². The summed E-state index contributed by atoms with van der Waals surface area (Å²) in [6.07, 6.45) is 0.939. The summed E-state index contributed by atoms with van der Waals surface area (Å²) in [5.41, 5.74) is 6.24. The van der Waals surface area contributed by atoms with Crippen molar-refractivity contribution in [2.75, 3.05) is 5.32 Å². The number of carbonyl (C=O) groups is 2. The number of Topliss-reactive ketones (excluding diaryl/α,β-unsaturated/α-hetero) is 1. The molecule has 1 saturated carbocycles. The predicted molar refractivity (Wildman–Crippen MR) is 65.6 cm³/mol. The standard InChI is InChI=1S/C13H14N2O3/c1-7-12(17)15-9-6-8(2-3-10(9)18-7)11(16)13(14)4-5-13/h2-3,6-7H,4-5,14H2,1H3,(H,15,17). The van der Waals surface area contributed by atoms with Gasteiger partial charge >= 0.3 is 0 Å². The Morgan fingerprint density at radius 2 is 2.22 bits per heavy atom. The van der Waals surface area contributed by atoms with Gasteiger partial charge in [0.15, 0.2) is 11.9 Å². The Hall–Kier alpha value is -1.88. The van der Waals surface area contributed by atoms with Crippen molar-refractivity contribution in [3.8, 4) is 5.75 Å². The van der Waals surface area contributed by atoms with Crippen LogP contribution in [0.15, 0.2) is 18.2 Å². The van der Waals surface area contributed by atoms with E-state index in [2.05, 4.69) is 5.32 Å². The number of ether oxygens (including phenoxy) is 1. The molecule has 1 heterocycles. The van der Waals surface area contributed by atoms with Gasteiger partial charge in [-0.05, 0) is 38.0 Å². The van der Waals surface area contributed by atoms with Crippen LogP contribution in [0.3, 0.4) is 0 Å². The summed E-state index contributed by atoms with van der Waals surface area (Å²) in [6, 6.07) is 5.02. The number of hydrogen-bond acceptors (Lipinski definition) is 4. The molecule has 1 atom stereocenters. The number of nitrogens with two attached hydrogens (primary N) is 1. The molecular formula is C13H14N2O3. The second-order valence-electron chi connectivity index (χ2n) is 4.95. The van der Waals surface area contributed by atoms with Crippen LogP contribution in [0.25, 0.3) is 0 Å². The molecule has 18 heavy (non-hydrogen) atoms. The smallest absolute Gasteiger partial charge is 0.265 e. The lowest BCUT2D eigenvalue weighted by molar-refractivity contribution is -0.122. The monoisotopic (exact) mass is 246 g/mol. The summed E-state index contributed by atoms with van der Waals surface area (Å²) in [7, 11) is 0. The van der Waals surface area contributed by atoms with Crippen LogP contribution in [0, 0.1) is 0 Å². The Morgan fingerprint density at radius 3 is 2.89 bits per heavy atom. The van der Waals surface area contributed by atoms with Gasteiger partial charge in [-0.3, -0.25) is 9.59 Å². The van der Waals surface area contributed by atoms with Crippen molar-refractivity contribution in [1.82, 2.24) is 0 Å². The first kappa shape index (κ1) is 11.2. The number of carbonyl (C=O) groups excluding carboxylic acids is 2. The molecule has 2 aliphatic rings. The number of anilines is 1. The van der Waals surface area contributed by atoms with Gasteiger partial charge in [0.1, 0.15) is 5.75 Å². The van der Waals surface area contributed by atoms with E-state index < -0.39 is 11.6 Å². The number of benzene rings is 1. The molecule has 5 heteroatoms. The van der Waals surface area contributed by atoms with Crippen LogP contribution >= 0.6 is 0 Å². The fourth-order valence-electron chi connectivity index (χ4n) is 2.00. The Bertz CT molecular complexity index is 549. The van der Waals surface area contributed by atoms with E-state index >= 15 is 0 Å². The van der Waals surface area contributed by atoms with Gasteiger partial charge in [0.05, 0.1) is 11.2 Å². The molecule has 0 aromatic heterocycles. The molecular weight excluding hydrogens is 232 g/mol. The lowest BCUT2D eigenvalue weighted by atomic mass is 10.0. The summed E-state index contributed by atoms with van der Waals surface area (Å²) in [5, 5.41) is 2.72. The fourth-order valence-corrected chi connectivity index (χ4v) is 2.00. The average Bonchev–Trinajstić information content (AvgIpc) is 3.09. The van der Waals surface area contributed by atoms with Crippen LogP contribution in [-0.4, -0.2) is 23.3 Å². The lowest BCUT2D eigenvalue weighted by Crippen LogP contribution is -2.35. The second-order valence-corrected chi connectivity index (χ2v) is 4.95. The highest BCUT2D eigenvalue weighted by atomic mass is 16.5. The van der Waals surface area contributed by atoms with E-state index in [0.717, 1.165) is 12.8 Å². The third-order valence-electron chi connectivity index (χ3n) is 3.41. The zero-order valence-electron chi connectivity index (χ0n) is 10.0. The van der Waals surface area contributed by atoms with Gasteiger partial charge in [0.25, 0.3) is 5.91 Å². The average molecular weight is 246 g/mol. The van der Waals surface area contributed by atoms with Gasteiger partial charge in [-0.15, -0.1) is 0 Å². The molecule has 1 amide bonds. The first-order valence-corrected chi connectivity index (χ1v) is 5.95. The van der Waals surface area contributed by atoms with Gasteiger partial charge < -0.3 is 15.8 Å². The van der Waals surface area contributed by atoms with Gasteiger partial charge in [-0.25, -0.2) is 0 Å². The topological polar surface area (TPSA) is 81.4 Å². The maximum atomic E-state index is 12.1. The molecule has 5 nitrogen and oxygen atoms in total. The number of nitrogens with one attached hydrogen (secondary N) is 1. The van der Waals surface area contributed by atoms with Gasteiger partial charge in [-0.2, -0.15) is 0 Å². The van der Waals surface area contributed by atoms with E-state index in [1.165, 1.54) is 0 Å². The first-order chi connectivity index (χ1) is 8.49. The Labute approximate surface area is 104 Å². The molecule has 1 aromatic rings. The molecule has 1 unspecified atom stereocenters. The molecule has 0 saturated heterocycles. The molecule has 0 radical (unpaired) electrons. The van der Waals surface area contributed by atoms with E-state index in [1.54, 1.807) is 25.1 Å². The van der Waals surface area contributed by atoms with Crippen molar-refractivity contribution in [2.45, 2.75) is 31.4 Å². The van der Waals surface area contributed by atoms with Crippen molar-refractivity contribution < 1.29 is 14.3 Å². The highest BCUT2D eigenvalue weighted by molar-refractivity contribution is 6.07. The summed E-state index contributed by atoms with van der Waals surface area (Å²) < 4.78 is 5.43. The summed E-state index contributed by atoms with van der Waals surface area (Å²) in [6.45, 7) is 1.68. The molecule has 3 rings (SSSR count). The first-order valence-electron chi connectivity index (χ1n) is 5.95. The number of hydrogen-bond donors (Lipinski definition) is 2. The van der Waals surface area contributed by atoms with E-state index in [9.17, 15) is 9.59 Å². The van der Waals surface area contributed by atoms with Crippen molar-refractivity contribution in [3.05, 3.63) is 23.8 Å². The predicted octanol–water partition coefficient (Wildman–Crippen LogP) is 1.08. The van der Waals surface area contributed by atoms with Crippen LogP contribution in [0.4, 0.5) is 5.69 Å². The van der Waals surface area contributed by atoms with Crippen molar-refractivity contribution in [3.63, 3.8) is 0 Å². The van der Waals surface area contributed by atoms with Crippen LogP contribution in [0.2, 0.25) is 0 Å². The highest BCUT2D eigenvalue weighted by Gasteiger charge is 2.46. The molecule has 1 aromatic carbocycles. The number of ketones is 1. The minimum atomic E-state index is -0.693. The van der Waals surface area contributed by atoms with Gasteiger partial charge in [0.2, 0.25) is 0 Å². The van der Waals surface area contributed by atoms with Crippen LogP contribution in [-0.2, 0) is 4.79 Å². The van der Waals surface area contributed by atoms with Crippen LogP contribution < -0.4 is 15.8 Å². The van der Waals surface area contributed by atoms with Gasteiger partial charge in [-0.1, -0.05) is 0 Å². The SMILES string of the molecule is CC1Oc2ccc(C(=O)C3(N)CC3)cc2NC1=O. The fraction of sp³-hybridized carbons (Fsp3) is 0.385. The number of fused-ring (bicyclic) bond motifs is 1. The summed E-state index contributed by atoms with van der Waals surface area (Å²) >= 11 is 0. The van der Waals surface area contributed by atoms with E-state index in [1.807, 2.05) is 0 Å². The maximum Gasteiger partial charge on any atom is 0.265 e. The number of amides is 1. The third-order valence-corrected chi connectivity index (χ3v) is 3.41. The Morgan fingerprint density at radius 1 is 1.50 bits per heavy atom. The maximum absolute atomic E-state index is 12.1. The zero-order valence-corrected chi connectivity index (χ0v) is 10.0. The Kier molecular flexibility index (Phi) is 2.22. The van der Waals surface area contributed by atoms with Crippen molar-refractivity contribution in [2.24, 2.45) is 5.73 Å². The van der Waals surface area contributed by atoms with E-state index in [0.29, 0.717) is 17.0 Å². The molecule has 0 bridgehead atoms. The van der Waals surface area contributed by atoms with E-state index in [-0.39, 0.29) is 11.7 Å². The van der Waals surface area contributed by atoms with Crippen LogP contribution in [0.1, 0.15) is 30.1 Å². The van der Waals surface area contributed by atoms with E-state index in [4.69, 9.17) is 10.5 Å². The van der Waals surface area contributed by atoms with Crippen molar-refractivity contribution in [1.29, 1.82) is 0 Å². The minimum Gasteiger partial charge on any atom is -0.479 e. The molecule has 94 valence electrons. The second kappa shape index (κ2) is 3.55. The number of rotatable bonds is 2. The molecule has 1 fully saturated rings. The summed E-state index contributed by atoms with van der Waals surface area (Å²) in [4.78, 5) is 23.6. The Balaban J connectivity index is 1.94. The molecule has 0 spiro atoms. The summed E-state index contributed by atoms with van der Waals surface area (Å²) in [5.74, 6) is 0.305. The minimum absolute atomic E-state index is 0.0711. The lowest BCUT2D eigenvalue weighted by Gasteiger charge is -2.23. The third kappa shape index (κ3) is 1.67. The van der Waals surface area contributed by atoms with Crippen molar-refractivity contribution >= 4 is 17.4 Å². The largest absolute Gasteiger partial charge is 0.479 e. The van der Waals surface area contributed by atoms with Crippen LogP contribution in [0.5, 0.6) is 5.75 Å². The molecule has 3 N–H and O–H groups in total. The molecule has 1 aliphatic heterocycles. The molecule has 1 aliphatic carbocycles.